The summed E-state index contributed by atoms with van der Waals surface area (Å²) >= 11 is 0. The van der Waals surface area contributed by atoms with Crippen LogP contribution in [0.15, 0.2) is 4.42 Å². The average molecular weight is 170 g/mol. The summed E-state index contributed by atoms with van der Waals surface area (Å²) in [6.07, 6.45) is 0.976. The predicted molar refractivity (Wildman–Crippen MR) is 45.1 cm³/mol. The van der Waals surface area contributed by atoms with Crippen LogP contribution < -0.4 is 11.5 Å². The SMILES string of the molecule is CCC(C)[C@H](N)c1nnc(N)o1. The van der Waals surface area contributed by atoms with Gasteiger partial charge in [-0.05, 0) is 5.92 Å². The summed E-state index contributed by atoms with van der Waals surface area (Å²) in [5.74, 6) is 0.742. The summed E-state index contributed by atoms with van der Waals surface area (Å²) in [7, 11) is 0. The summed E-state index contributed by atoms with van der Waals surface area (Å²) in [6.45, 7) is 4.09. The van der Waals surface area contributed by atoms with Crippen LogP contribution in [0.25, 0.3) is 0 Å². The second-order valence-electron chi connectivity index (χ2n) is 2.89. The summed E-state index contributed by atoms with van der Waals surface area (Å²) in [5.41, 5.74) is 11.1. The average Bonchev–Trinajstić information content (AvgIpc) is 2.49. The summed E-state index contributed by atoms with van der Waals surface area (Å²) < 4.78 is 5.00. The van der Waals surface area contributed by atoms with Crippen LogP contribution in [0.2, 0.25) is 0 Å². The first kappa shape index (κ1) is 8.99. The van der Waals surface area contributed by atoms with Crippen LogP contribution >= 0.6 is 0 Å². The van der Waals surface area contributed by atoms with Crippen molar-refractivity contribution in [3.63, 3.8) is 0 Å². The number of rotatable bonds is 3. The van der Waals surface area contributed by atoms with Gasteiger partial charge in [0.05, 0.1) is 6.04 Å². The van der Waals surface area contributed by atoms with Gasteiger partial charge in [-0.25, -0.2) is 0 Å². The monoisotopic (exact) mass is 170 g/mol. The fourth-order valence-corrected chi connectivity index (χ4v) is 0.879. The molecule has 0 aliphatic rings. The minimum absolute atomic E-state index is 0.0729. The Morgan fingerprint density at radius 1 is 1.50 bits per heavy atom. The molecule has 0 radical (unpaired) electrons. The van der Waals surface area contributed by atoms with E-state index in [0.29, 0.717) is 11.8 Å². The number of nitrogens with two attached hydrogens (primary N) is 2. The Bertz CT molecular complexity index is 247. The minimum Gasteiger partial charge on any atom is -0.407 e. The molecule has 1 aromatic heterocycles. The lowest BCUT2D eigenvalue weighted by Crippen LogP contribution is -2.18. The van der Waals surface area contributed by atoms with E-state index in [1.54, 1.807) is 0 Å². The molecule has 4 N–H and O–H groups in total. The number of aromatic nitrogens is 2. The van der Waals surface area contributed by atoms with E-state index in [-0.39, 0.29) is 12.1 Å². The van der Waals surface area contributed by atoms with Crippen LogP contribution in [0.4, 0.5) is 6.01 Å². The van der Waals surface area contributed by atoms with Crippen molar-refractivity contribution < 1.29 is 4.42 Å². The Hall–Kier alpha value is -1.10. The zero-order valence-corrected chi connectivity index (χ0v) is 7.32. The molecule has 1 unspecified atom stereocenters. The third-order valence-corrected chi connectivity index (χ3v) is 2.00. The molecule has 0 fully saturated rings. The van der Waals surface area contributed by atoms with E-state index in [1.165, 1.54) is 0 Å². The maximum absolute atomic E-state index is 5.81. The molecular weight excluding hydrogens is 156 g/mol. The molecular formula is C7H14N4O. The highest BCUT2D eigenvalue weighted by molar-refractivity contribution is 5.06. The highest BCUT2D eigenvalue weighted by Crippen LogP contribution is 2.20. The van der Waals surface area contributed by atoms with Crippen molar-refractivity contribution in [1.82, 2.24) is 10.2 Å². The zero-order valence-electron chi connectivity index (χ0n) is 7.32. The lowest BCUT2D eigenvalue weighted by atomic mass is 10.0. The second kappa shape index (κ2) is 3.53. The van der Waals surface area contributed by atoms with Crippen molar-refractivity contribution in [2.45, 2.75) is 26.3 Å². The van der Waals surface area contributed by atoms with Gasteiger partial charge >= 0.3 is 6.01 Å². The molecule has 0 aromatic carbocycles. The molecule has 2 atom stereocenters. The molecule has 5 nitrogen and oxygen atoms in total. The first-order chi connectivity index (χ1) is 5.65. The Labute approximate surface area is 71.1 Å². The molecule has 12 heavy (non-hydrogen) atoms. The summed E-state index contributed by atoms with van der Waals surface area (Å²) in [4.78, 5) is 0. The number of anilines is 1. The van der Waals surface area contributed by atoms with Crippen molar-refractivity contribution in [1.29, 1.82) is 0 Å². The number of hydrogen-bond acceptors (Lipinski definition) is 5. The largest absolute Gasteiger partial charge is 0.407 e. The quantitative estimate of drug-likeness (QED) is 0.696. The molecule has 1 heterocycles. The lowest BCUT2D eigenvalue weighted by Gasteiger charge is -2.13. The maximum Gasteiger partial charge on any atom is 0.312 e. The molecule has 0 saturated carbocycles. The highest BCUT2D eigenvalue weighted by Gasteiger charge is 2.18. The molecule has 0 saturated heterocycles. The molecule has 0 amide bonds. The van der Waals surface area contributed by atoms with E-state index in [2.05, 4.69) is 17.1 Å². The highest BCUT2D eigenvalue weighted by atomic mass is 16.4. The Morgan fingerprint density at radius 3 is 2.58 bits per heavy atom. The van der Waals surface area contributed by atoms with E-state index in [4.69, 9.17) is 15.9 Å². The Morgan fingerprint density at radius 2 is 2.17 bits per heavy atom. The van der Waals surface area contributed by atoms with Crippen LogP contribution in [0.1, 0.15) is 32.2 Å². The number of hydrogen-bond donors (Lipinski definition) is 2. The van der Waals surface area contributed by atoms with Gasteiger partial charge in [0.2, 0.25) is 5.89 Å². The van der Waals surface area contributed by atoms with Gasteiger partial charge in [0.25, 0.3) is 0 Å². The van der Waals surface area contributed by atoms with Gasteiger partial charge in [-0.15, -0.1) is 5.10 Å². The van der Waals surface area contributed by atoms with Crippen molar-refractivity contribution >= 4 is 6.01 Å². The van der Waals surface area contributed by atoms with Gasteiger partial charge < -0.3 is 15.9 Å². The van der Waals surface area contributed by atoms with Crippen LogP contribution in [0.3, 0.4) is 0 Å². The molecule has 5 heteroatoms. The summed E-state index contributed by atoms with van der Waals surface area (Å²) in [5, 5.41) is 7.25. The molecule has 0 aliphatic heterocycles. The van der Waals surface area contributed by atoms with Gasteiger partial charge in [-0.1, -0.05) is 25.4 Å². The van der Waals surface area contributed by atoms with E-state index in [1.807, 2.05) is 6.92 Å². The van der Waals surface area contributed by atoms with Crippen LogP contribution in [-0.4, -0.2) is 10.2 Å². The Kier molecular flexibility index (Phi) is 2.65. The van der Waals surface area contributed by atoms with Crippen LogP contribution in [-0.2, 0) is 0 Å². The third kappa shape index (κ3) is 1.73. The van der Waals surface area contributed by atoms with E-state index in [0.717, 1.165) is 6.42 Å². The van der Waals surface area contributed by atoms with Crippen LogP contribution in [0.5, 0.6) is 0 Å². The fraction of sp³-hybridized carbons (Fsp3) is 0.714. The van der Waals surface area contributed by atoms with Gasteiger partial charge in [-0.3, -0.25) is 0 Å². The first-order valence-electron chi connectivity index (χ1n) is 3.99. The van der Waals surface area contributed by atoms with Crippen LogP contribution in [0, 0.1) is 5.92 Å². The number of nitrogens with zero attached hydrogens (tertiary/aromatic N) is 2. The first-order valence-corrected chi connectivity index (χ1v) is 3.99. The Balaban J connectivity index is 2.70. The predicted octanol–water partition coefficient (Wildman–Crippen LogP) is 0.698. The van der Waals surface area contributed by atoms with Crippen molar-refractivity contribution in [3.05, 3.63) is 5.89 Å². The van der Waals surface area contributed by atoms with E-state index < -0.39 is 0 Å². The smallest absolute Gasteiger partial charge is 0.312 e. The lowest BCUT2D eigenvalue weighted by molar-refractivity contribution is 0.369. The normalized spacial score (nSPS) is 15.9. The van der Waals surface area contributed by atoms with Gasteiger partial charge in [0.1, 0.15) is 0 Å². The minimum atomic E-state index is -0.209. The molecule has 1 aromatic rings. The van der Waals surface area contributed by atoms with Gasteiger partial charge in [-0.2, -0.15) is 0 Å². The van der Waals surface area contributed by atoms with Crippen molar-refractivity contribution in [2.75, 3.05) is 5.73 Å². The topological polar surface area (TPSA) is 91.0 Å². The van der Waals surface area contributed by atoms with Crippen molar-refractivity contribution in [2.24, 2.45) is 11.7 Å². The number of nitrogen functional groups attached to an aromatic ring is 1. The third-order valence-electron chi connectivity index (χ3n) is 2.00. The maximum atomic E-state index is 5.81. The zero-order chi connectivity index (χ0) is 9.14. The van der Waals surface area contributed by atoms with Gasteiger partial charge in [0, 0.05) is 0 Å². The molecule has 0 bridgehead atoms. The van der Waals surface area contributed by atoms with E-state index >= 15 is 0 Å². The molecule has 0 aliphatic carbocycles. The second-order valence-corrected chi connectivity index (χ2v) is 2.89. The van der Waals surface area contributed by atoms with Gasteiger partial charge in [0.15, 0.2) is 0 Å². The van der Waals surface area contributed by atoms with E-state index in [9.17, 15) is 0 Å². The summed E-state index contributed by atoms with van der Waals surface area (Å²) in [6, 6.07) is -0.136. The molecule has 1 rings (SSSR count). The fourth-order valence-electron chi connectivity index (χ4n) is 0.879. The molecule has 0 spiro atoms. The standard InChI is InChI=1S/C7H14N4O/c1-3-4(2)5(8)6-10-11-7(9)12-6/h4-5H,3,8H2,1-2H3,(H2,9,11)/t4?,5-/m0/s1. The molecule has 68 valence electrons. The van der Waals surface area contributed by atoms with Crippen molar-refractivity contribution in [3.8, 4) is 0 Å².